The number of urea groups is 1. The van der Waals surface area contributed by atoms with E-state index in [9.17, 15) is 4.79 Å². The fourth-order valence-corrected chi connectivity index (χ4v) is 1.55. The minimum absolute atomic E-state index is 0.166. The highest BCUT2D eigenvalue weighted by Gasteiger charge is 2.20. The van der Waals surface area contributed by atoms with Gasteiger partial charge in [0.1, 0.15) is 5.82 Å². The van der Waals surface area contributed by atoms with Crippen LogP contribution in [0.15, 0.2) is 42.2 Å². The molecule has 1 aromatic carbocycles. The van der Waals surface area contributed by atoms with Crippen LogP contribution in [0.4, 0.5) is 10.5 Å². The summed E-state index contributed by atoms with van der Waals surface area (Å²) in [5.41, 5.74) is 0.870. The Morgan fingerprint density at radius 1 is 1.38 bits per heavy atom. The van der Waals surface area contributed by atoms with Crippen LogP contribution in [0, 0.1) is 0 Å². The third-order valence-corrected chi connectivity index (χ3v) is 2.40. The zero-order chi connectivity index (χ0) is 11.5. The van der Waals surface area contributed by atoms with Crippen LogP contribution in [0.1, 0.15) is 0 Å². The molecular weight excluding hydrogens is 204 g/mol. The standard InChI is InChI=1S/C11H14N4O/c1-14(12)10-7-8-15(11(16)13-10)9-5-3-2-4-6-9/h2-7H,8,12H2,1H3,(H,13,16). The van der Waals surface area contributed by atoms with Gasteiger partial charge in [0, 0.05) is 19.3 Å². The molecule has 0 atom stereocenters. The van der Waals surface area contributed by atoms with E-state index in [0.29, 0.717) is 12.4 Å². The summed E-state index contributed by atoms with van der Waals surface area (Å²) in [5.74, 6) is 6.17. The molecule has 0 saturated carbocycles. The Kier molecular flexibility index (Phi) is 2.78. The quantitative estimate of drug-likeness (QED) is 0.571. The van der Waals surface area contributed by atoms with Crippen LogP contribution in [0.25, 0.3) is 0 Å². The van der Waals surface area contributed by atoms with E-state index < -0.39 is 0 Å². The number of hydrazine groups is 1. The van der Waals surface area contributed by atoms with Crippen LogP contribution in [0.2, 0.25) is 0 Å². The van der Waals surface area contributed by atoms with Crippen molar-refractivity contribution in [1.82, 2.24) is 10.3 Å². The lowest BCUT2D eigenvalue weighted by atomic mass is 10.2. The third kappa shape index (κ3) is 1.99. The molecule has 1 aliphatic rings. The molecule has 0 aromatic heterocycles. The maximum Gasteiger partial charge on any atom is 0.327 e. The van der Waals surface area contributed by atoms with Gasteiger partial charge in [-0.3, -0.25) is 15.2 Å². The summed E-state index contributed by atoms with van der Waals surface area (Å²) < 4.78 is 0. The molecule has 0 radical (unpaired) electrons. The van der Waals surface area contributed by atoms with Crippen LogP contribution in [-0.2, 0) is 0 Å². The Bertz CT molecular complexity index is 413. The normalized spacial score (nSPS) is 15.5. The number of carbonyl (C=O) groups is 1. The second-order valence-corrected chi connectivity index (χ2v) is 3.58. The molecule has 0 bridgehead atoms. The molecule has 5 nitrogen and oxygen atoms in total. The minimum Gasteiger partial charge on any atom is -0.300 e. The van der Waals surface area contributed by atoms with E-state index in [0.717, 1.165) is 5.69 Å². The highest BCUT2D eigenvalue weighted by atomic mass is 16.2. The molecule has 0 aliphatic carbocycles. The van der Waals surface area contributed by atoms with E-state index in [1.54, 1.807) is 11.9 Å². The van der Waals surface area contributed by atoms with Crippen LogP contribution < -0.4 is 16.1 Å². The zero-order valence-electron chi connectivity index (χ0n) is 9.05. The second kappa shape index (κ2) is 4.24. The number of rotatable bonds is 2. The number of nitrogens with one attached hydrogen (secondary N) is 1. The number of para-hydroxylation sites is 1. The molecule has 5 heteroatoms. The van der Waals surface area contributed by atoms with Gasteiger partial charge in [0.25, 0.3) is 0 Å². The summed E-state index contributed by atoms with van der Waals surface area (Å²) in [4.78, 5) is 13.4. The number of carbonyl (C=O) groups excluding carboxylic acids is 1. The van der Waals surface area contributed by atoms with E-state index in [-0.39, 0.29) is 6.03 Å². The van der Waals surface area contributed by atoms with Gasteiger partial charge in [-0.15, -0.1) is 0 Å². The Morgan fingerprint density at radius 2 is 2.06 bits per heavy atom. The van der Waals surface area contributed by atoms with Crippen molar-refractivity contribution in [3.8, 4) is 0 Å². The molecule has 0 saturated heterocycles. The molecule has 2 rings (SSSR count). The number of anilines is 1. The zero-order valence-corrected chi connectivity index (χ0v) is 9.05. The Balaban J connectivity index is 2.19. The van der Waals surface area contributed by atoms with Crippen molar-refractivity contribution >= 4 is 11.7 Å². The molecule has 0 spiro atoms. The molecule has 16 heavy (non-hydrogen) atoms. The van der Waals surface area contributed by atoms with Gasteiger partial charge in [-0.2, -0.15) is 0 Å². The first-order chi connectivity index (χ1) is 7.68. The summed E-state index contributed by atoms with van der Waals surface area (Å²) in [6.45, 7) is 0.521. The van der Waals surface area contributed by atoms with Crippen molar-refractivity contribution in [3.05, 3.63) is 42.2 Å². The Morgan fingerprint density at radius 3 is 2.62 bits per heavy atom. The van der Waals surface area contributed by atoms with Gasteiger partial charge >= 0.3 is 6.03 Å². The van der Waals surface area contributed by atoms with Crippen molar-refractivity contribution in [2.24, 2.45) is 5.84 Å². The number of hydrogen-bond acceptors (Lipinski definition) is 3. The number of nitrogens with two attached hydrogens (primary N) is 1. The average Bonchev–Trinajstić information content (AvgIpc) is 2.30. The fourth-order valence-electron chi connectivity index (χ4n) is 1.55. The predicted molar refractivity (Wildman–Crippen MR) is 62.4 cm³/mol. The first-order valence-electron chi connectivity index (χ1n) is 5.00. The van der Waals surface area contributed by atoms with Crippen LogP contribution in [-0.4, -0.2) is 24.6 Å². The molecule has 1 heterocycles. The molecule has 3 N–H and O–H groups in total. The SMILES string of the molecule is CN(N)C1=CCN(c2ccccc2)C(=O)N1. The lowest BCUT2D eigenvalue weighted by Crippen LogP contribution is -2.48. The van der Waals surface area contributed by atoms with Crippen molar-refractivity contribution in [3.63, 3.8) is 0 Å². The van der Waals surface area contributed by atoms with Crippen LogP contribution in [0.3, 0.4) is 0 Å². The monoisotopic (exact) mass is 218 g/mol. The van der Waals surface area contributed by atoms with Gasteiger partial charge in [-0.25, -0.2) is 10.6 Å². The molecule has 0 fully saturated rings. The largest absolute Gasteiger partial charge is 0.327 e. The van der Waals surface area contributed by atoms with E-state index in [1.165, 1.54) is 5.01 Å². The Hall–Kier alpha value is -2.01. The van der Waals surface area contributed by atoms with Crippen LogP contribution >= 0.6 is 0 Å². The van der Waals surface area contributed by atoms with E-state index in [4.69, 9.17) is 5.84 Å². The van der Waals surface area contributed by atoms with Crippen molar-refractivity contribution in [2.75, 3.05) is 18.5 Å². The van der Waals surface area contributed by atoms with Crippen molar-refractivity contribution in [2.45, 2.75) is 0 Å². The highest BCUT2D eigenvalue weighted by Crippen LogP contribution is 2.16. The molecule has 1 aromatic rings. The lowest BCUT2D eigenvalue weighted by molar-refractivity contribution is 0.243. The smallest absolute Gasteiger partial charge is 0.300 e. The number of benzene rings is 1. The average molecular weight is 218 g/mol. The van der Waals surface area contributed by atoms with Gasteiger partial charge in [-0.05, 0) is 18.2 Å². The lowest BCUT2D eigenvalue weighted by Gasteiger charge is -2.29. The Labute approximate surface area is 94.1 Å². The fraction of sp³-hybridized carbons (Fsp3) is 0.182. The maximum atomic E-state index is 11.8. The van der Waals surface area contributed by atoms with E-state index in [2.05, 4.69) is 5.32 Å². The first kappa shape index (κ1) is 10.5. The van der Waals surface area contributed by atoms with Crippen LogP contribution in [0.5, 0.6) is 0 Å². The summed E-state index contributed by atoms with van der Waals surface area (Å²) in [6, 6.07) is 9.34. The van der Waals surface area contributed by atoms with E-state index in [1.807, 2.05) is 36.4 Å². The number of amides is 2. The number of nitrogens with zero attached hydrogens (tertiary/aromatic N) is 2. The second-order valence-electron chi connectivity index (χ2n) is 3.58. The van der Waals surface area contributed by atoms with E-state index >= 15 is 0 Å². The third-order valence-electron chi connectivity index (χ3n) is 2.40. The number of hydrogen-bond donors (Lipinski definition) is 2. The summed E-state index contributed by atoms with van der Waals surface area (Å²) in [7, 11) is 1.68. The topological polar surface area (TPSA) is 61.6 Å². The van der Waals surface area contributed by atoms with Crippen molar-refractivity contribution < 1.29 is 4.79 Å². The first-order valence-corrected chi connectivity index (χ1v) is 5.00. The molecule has 2 amide bonds. The van der Waals surface area contributed by atoms with Gasteiger partial charge in [-0.1, -0.05) is 18.2 Å². The van der Waals surface area contributed by atoms with Gasteiger partial charge in [0.05, 0.1) is 0 Å². The summed E-state index contributed by atoms with van der Waals surface area (Å²) >= 11 is 0. The molecule has 1 aliphatic heterocycles. The summed E-state index contributed by atoms with van der Waals surface area (Å²) in [5, 5.41) is 4.10. The minimum atomic E-state index is -0.166. The molecule has 0 unspecified atom stereocenters. The van der Waals surface area contributed by atoms with Crippen molar-refractivity contribution in [1.29, 1.82) is 0 Å². The maximum absolute atomic E-state index is 11.8. The highest BCUT2D eigenvalue weighted by molar-refractivity contribution is 5.94. The van der Waals surface area contributed by atoms with Gasteiger partial charge in [0.2, 0.25) is 0 Å². The van der Waals surface area contributed by atoms with Gasteiger partial charge in [0.15, 0.2) is 0 Å². The summed E-state index contributed by atoms with van der Waals surface area (Å²) in [6.07, 6.45) is 1.87. The van der Waals surface area contributed by atoms with Gasteiger partial charge < -0.3 is 0 Å². The molecule has 84 valence electrons. The molecular formula is C11H14N4O. The predicted octanol–water partition coefficient (Wildman–Crippen LogP) is 0.863.